The second kappa shape index (κ2) is 8.27. The molecule has 1 atom stereocenters. The summed E-state index contributed by atoms with van der Waals surface area (Å²) in [7, 11) is 1.49. The van der Waals surface area contributed by atoms with Gasteiger partial charge in [-0.2, -0.15) is 0 Å². The van der Waals surface area contributed by atoms with E-state index in [0.717, 1.165) is 16.5 Å². The minimum atomic E-state index is -0.798. The van der Waals surface area contributed by atoms with E-state index in [1.165, 1.54) is 12.0 Å². The molecule has 1 aliphatic heterocycles. The lowest BCUT2D eigenvalue weighted by atomic mass is 9.94. The molecule has 1 unspecified atom stereocenters. The van der Waals surface area contributed by atoms with Gasteiger partial charge in [-0.05, 0) is 30.3 Å². The predicted molar refractivity (Wildman–Crippen MR) is 123 cm³/mol. The Balaban J connectivity index is 1.73. The fraction of sp³-hybridized carbons (Fsp3) is 0.115. The summed E-state index contributed by atoms with van der Waals surface area (Å²) in [4.78, 5) is 35.5. The number of Topliss-reactive ketones (excluding diaryl/α,β-unsaturated/α-hetero) is 1. The largest absolute Gasteiger partial charge is 0.507 e. The summed E-state index contributed by atoms with van der Waals surface area (Å²) in [6.07, 6.45) is 3.42. The number of carbonyl (C=O) groups is 2. The van der Waals surface area contributed by atoms with Crippen LogP contribution in [0.3, 0.4) is 0 Å². The van der Waals surface area contributed by atoms with Crippen molar-refractivity contribution < 1.29 is 19.4 Å². The molecule has 0 bridgehead atoms. The first-order valence-corrected chi connectivity index (χ1v) is 10.5. The molecule has 1 saturated heterocycles. The Morgan fingerprint density at radius 2 is 1.82 bits per heavy atom. The van der Waals surface area contributed by atoms with E-state index in [9.17, 15) is 14.7 Å². The first-order chi connectivity index (χ1) is 16.1. The number of likely N-dealkylation sites (tertiary alicyclic amines) is 1. The monoisotopic (exact) mass is 439 g/mol. The molecule has 33 heavy (non-hydrogen) atoms. The van der Waals surface area contributed by atoms with Crippen LogP contribution in [0, 0.1) is 0 Å². The summed E-state index contributed by atoms with van der Waals surface area (Å²) < 4.78 is 5.39. The number of carbonyl (C=O) groups excluding carboxylic acids is 2. The maximum atomic E-state index is 13.3. The molecule has 4 aromatic rings. The third kappa shape index (κ3) is 3.43. The molecule has 1 aliphatic rings. The van der Waals surface area contributed by atoms with Crippen molar-refractivity contribution in [1.29, 1.82) is 0 Å². The molecule has 7 heteroatoms. The first-order valence-electron chi connectivity index (χ1n) is 10.5. The van der Waals surface area contributed by atoms with Crippen LogP contribution >= 0.6 is 0 Å². The van der Waals surface area contributed by atoms with Crippen molar-refractivity contribution in [1.82, 2.24) is 14.9 Å². The molecule has 3 heterocycles. The van der Waals surface area contributed by atoms with Crippen molar-refractivity contribution in [2.24, 2.45) is 0 Å². The highest BCUT2D eigenvalue weighted by atomic mass is 16.5. The number of hydrogen-bond acceptors (Lipinski definition) is 5. The van der Waals surface area contributed by atoms with E-state index in [1.54, 1.807) is 48.8 Å². The third-order valence-electron chi connectivity index (χ3n) is 5.88. The molecule has 1 amide bonds. The van der Waals surface area contributed by atoms with Gasteiger partial charge in [0.05, 0.1) is 36.5 Å². The number of ketones is 1. The number of fused-ring (bicyclic) bond motifs is 1. The number of ether oxygens (including phenoxy) is 1. The standard InChI is InChI=1S/C26H21N3O4/c1-33-21-12-5-3-10-18(21)24(30)22-23(19-14-28-20-11-4-2-9-17(19)20)29(26(32)25(22)31)15-16-8-6-7-13-27-16/h2-14,23,28,30H,15H2,1H3/b24-22+. The second-order valence-electron chi connectivity index (χ2n) is 7.74. The normalized spacial score (nSPS) is 17.6. The Hall–Kier alpha value is -4.39. The van der Waals surface area contributed by atoms with E-state index in [1.807, 2.05) is 30.3 Å². The Morgan fingerprint density at radius 1 is 1.06 bits per heavy atom. The molecule has 2 aromatic heterocycles. The fourth-order valence-electron chi connectivity index (χ4n) is 4.34. The zero-order valence-corrected chi connectivity index (χ0v) is 17.9. The van der Waals surface area contributed by atoms with Gasteiger partial charge in [0.25, 0.3) is 11.7 Å². The number of hydrogen-bond donors (Lipinski definition) is 2. The summed E-state index contributed by atoms with van der Waals surface area (Å²) in [5, 5.41) is 12.2. The van der Waals surface area contributed by atoms with Crippen molar-refractivity contribution in [2.45, 2.75) is 12.6 Å². The number of H-pyrrole nitrogens is 1. The van der Waals surface area contributed by atoms with Gasteiger partial charge in [-0.15, -0.1) is 0 Å². The van der Waals surface area contributed by atoms with E-state index in [-0.39, 0.29) is 17.9 Å². The lowest BCUT2D eigenvalue weighted by molar-refractivity contribution is -0.140. The van der Waals surface area contributed by atoms with E-state index in [0.29, 0.717) is 17.0 Å². The molecule has 2 N–H and O–H groups in total. The summed E-state index contributed by atoms with van der Waals surface area (Å²) in [6, 6.07) is 19.1. The average Bonchev–Trinajstić information content (AvgIpc) is 3.38. The molecule has 0 spiro atoms. The molecule has 5 rings (SSSR count). The van der Waals surface area contributed by atoms with Gasteiger partial charge >= 0.3 is 0 Å². The van der Waals surface area contributed by atoms with Crippen LogP contribution in [-0.4, -0.2) is 38.8 Å². The van der Waals surface area contributed by atoms with Crippen LogP contribution in [0.15, 0.2) is 84.7 Å². The highest BCUT2D eigenvalue weighted by molar-refractivity contribution is 6.46. The first kappa shape index (κ1) is 20.5. The van der Waals surface area contributed by atoms with Crippen molar-refractivity contribution in [2.75, 3.05) is 7.11 Å². The van der Waals surface area contributed by atoms with Gasteiger partial charge in [-0.25, -0.2) is 0 Å². The van der Waals surface area contributed by atoms with Crippen LogP contribution in [0.25, 0.3) is 16.7 Å². The molecule has 164 valence electrons. The maximum Gasteiger partial charge on any atom is 0.296 e. The lowest BCUT2D eigenvalue weighted by Crippen LogP contribution is -2.29. The topological polar surface area (TPSA) is 95.5 Å². The Kier molecular flexibility index (Phi) is 5.14. The van der Waals surface area contributed by atoms with Crippen LogP contribution in [-0.2, 0) is 16.1 Å². The van der Waals surface area contributed by atoms with Crippen molar-refractivity contribution in [3.8, 4) is 5.75 Å². The van der Waals surface area contributed by atoms with Gasteiger partial charge in [0.15, 0.2) is 0 Å². The number of pyridine rings is 1. The van der Waals surface area contributed by atoms with Crippen molar-refractivity contribution in [3.63, 3.8) is 0 Å². The number of aromatic nitrogens is 2. The maximum absolute atomic E-state index is 13.3. The van der Waals surface area contributed by atoms with Gasteiger partial charge < -0.3 is 19.7 Å². The summed E-state index contributed by atoms with van der Waals surface area (Å²) >= 11 is 0. The highest BCUT2D eigenvalue weighted by Crippen LogP contribution is 2.43. The summed E-state index contributed by atoms with van der Waals surface area (Å²) in [5.74, 6) is -1.30. The third-order valence-corrected chi connectivity index (χ3v) is 5.88. The van der Waals surface area contributed by atoms with Gasteiger partial charge in [0, 0.05) is 28.9 Å². The zero-order valence-electron chi connectivity index (χ0n) is 17.9. The van der Waals surface area contributed by atoms with Gasteiger partial charge in [-0.3, -0.25) is 14.6 Å². The lowest BCUT2D eigenvalue weighted by Gasteiger charge is -2.24. The zero-order chi connectivity index (χ0) is 22.9. The fourth-order valence-corrected chi connectivity index (χ4v) is 4.34. The molecule has 2 aromatic carbocycles. The molecule has 0 radical (unpaired) electrons. The number of aromatic amines is 1. The molecule has 0 saturated carbocycles. The van der Waals surface area contributed by atoms with Crippen LogP contribution in [0.1, 0.15) is 22.9 Å². The number of amides is 1. The van der Waals surface area contributed by atoms with Crippen molar-refractivity contribution in [3.05, 3.63) is 102 Å². The van der Waals surface area contributed by atoms with Crippen molar-refractivity contribution >= 4 is 28.4 Å². The number of methoxy groups -OCH3 is 1. The molecule has 0 aliphatic carbocycles. The number of aliphatic hydroxyl groups is 1. The molecular formula is C26H21N3O4. The number of aliphatic hydroxyl groups excluding tert-OH is 1. The minimum absolute atomic E-state index is 0.0187. The number of rotatable bonds is 5. The van der Waals surface area contributed by atoms with E-state index >= 15 is 0 Å². The number of para-hydroxylation sites is 2. The summed E-state index contributed by atoms with van der Waals surface area (Å²) in [6.45, 7) is 0.123. The number of nitrogens with one attached hydrogen (secondary N) is 1. The van der Waals surface area contributed by atoms with Crippen LogP contribution in [0.5, 0.6) is 5.75 Å². The highest BCUT2D eigenvalue weighted by Gasteiger charge is 2.47. The Morgan fingerprint density at radius 3 is 2.61 bits per heavy atom. The SMILES string of the molecule is COc1ccccc1/C(O)=C1\C(=O)C(=O)N(Cc2ccccn2)C1c1c[nH]c2ccccc12. The van der Waals surface area contributed by atoms with Gasteiger partial charge in [-0.1, -0.05) is 36.4 Å². The van der Waals surface area contributed by atoms with Crippen LogP contribution in [0.2, 0.25) is 0 Å². The quantitative estimate of drug-likeness (QED) is 0.276. The van der Waals surface area contributed by atoms with Crippen LogP contribution in [0.4, 0.5) is 0 Å². The van der Waals surface area contributed by atoms with Crippen LogP contribution < -0.4 is 4.74 Å². The van der Waals surface area contributed by atoms with E-state index in [2.05, 4.69) is 9.97 Å². The molecular weight excluding hydrogens is 418 g/mol. The van der Waals surface area contributed by atoms with E-state index in [4.69, 9.17) is 4.74 Å². The smallest absolute Gasteiger partial charge is 0.296 e. The Bertz CT molecular complexity index is 1390. The molecule has 1 fully saturated rings. The minimum Gasteiger partial charge on any atom is -0.507 e. The van der Waals surface area contributed by atoms with Gasteiger partial charge in [0.1, 0.15) is 11.5 Å². The van der Waals surface area contributed by atoms with E-state index < -0.39 is 17.7 Å². The molecule has 7 nitrogen and oxygen atoms in total. The number of nitrogens with zero attached hydrogens (tertiary/aromatic N) is 2. The number of benzene rings is 2. The second-order valence-corrected chi connectivity index (χ2v) is 7.74. The average molecular weight is 439 g/mol. The Labute approximate surface area is 190 Å². The van der Waals surface area contributed by atoms with Gasteiger partial charge in [0.2, 0.25) is 0 Å². The summed E-state index contributed by atoms with van der Waals surface area (Å²) in [5.41, 5.74) is 2.60. The predicted octanol–water partition coefficient (Wildman–Crippen LogP) is 4.19.